The van der Waals surface area contributed by atoms with E-state index in [9.17, 15) is 9.59 Å². The highest BCUT2D eigenvalue weighted by atomic mass is 79.9. The van der Waals surface area contributed by atoms with Crippen molar-refractivity contribution >= 4 is 39.1 Å². The molecule has 0 radical (unpaired) electrons. The Kier molecular flexibility index (Phi) is 6.80. The van der Waals surface area contributed by atoms with Gasteiger partial charge in [0.25, 0.3) is 11.8 Å². The van der Waals surface area contributed by atoms with Crippen LogP contribution in [0.25, 0.3) is 0 Å². The fourth-order valence-corrected chi connectivity index (χ4v) is 4.02. The number of rotatable bonds is 5. The highest BCUT2D eigenvalue weighted by Crippen LogP contribution is 2.22. The molecule has 166 valence electrons. The minimum atomic E-state index is -0.370. The summed E-state index contributed by atoms with van der Waals surface area (Å²) in [5.41, 5.74) is 2.21. The van der Waals surface area contributed by atoms with Crippen LogP contribution < -0.4 is 15.0 Å². The number of nitrogens with zero attached hydrogens (tertiary/aromatic N) is 2. The molecule has 4 rings (SSSR count). The van der Waals surface area contributed by atoms with Crippen molar-refractivity contribution in [1.29, 1.82) is 0 Å². The summed E-state index contributed by atoms with van der Waals surface area (Å²) >= 11 is 3.19. The minimum absolute atomic E-state index is 0.0431. The Labute approximate surface area is 195 Å². The van der Waals surface area contributed by atoms with E-state index in [-0.39, 0.29) is 17.6 Å². The van der Waals surface area contributed by atoms with Crippen LogP contribution in [0, 0.1) is 0 Å². The molecule has 7 nitrogen and oxygen atoms in total. The fraction of sp³-hybridized carbons (Fsp3) is 0.250. The molecule has 1 saturated heterocycles. The molecule has 1 fully saturated rings. The molecule has 3 aromatic rings. The predicted molar refractivity (Wildman–Crippen MR) is 127 cm³/mol. The summed E-state index contributed by atoms with van der Waals surface area (Å²) in [7, 11) is 1.65. The summed E-state index contributed by atoms with van der Waals surface area (Å²) in [5, 5.41) is 2.78. The van der Waals surface area contributed by atoms with E-state index in [0.717, 1.165) is 30.9 Å². The fourth-order valence-electron chi connectivity index (χ4n) is 3.71. The number of hydrogen-bond acceptors (Lipinski definition) is 5. The second kappa shape index (κ2) is 9.91. The molecule has 1 N–H and O–H groups in total. The van der Waals surface area contributed by atoms with Crippen LogP contribution in [0.5, 0.6) is 5.75 Å². The van der Waals surface area contributed by atoms with E-state index in [1.54, 1.807) is 43.5 Å². The zero-order valence-corrected chi connectivity index (χ0v) is 19.3. The molecule has 0 bridgehead atoms. The van der Waals surface area contributed by atoms with Gasteiger partial charge in [0, 0.05) is 43.1 Å². The number of ether oxygens (including phenoxy) is 1. The maximum atomic E-state index is 13.1. The van der Waals surface area contributed by atoms with Crippen LogP contribution >= 0.6 is 15.9 Å². The molecular formula is C24H24BrN3O4. The first kappa shape index (κ1) is 22.0. The van der Waals surface area contributed by atoms with E-state index < -0.39 is 0 Å². The van der Waals surface area contributed by atoms with Crippen LogP contribution in [0.4, 0.5) is 11.4 Å². The van der Waals surface area contributed by atoms with Crippen LogP contribution in [0.3, 0.4) is 0 Å². The molecule has 1 aliphatic heterocycles. The molecular weight excluding hydrogens is 474 g/mol. The smallest absolute Gasteiger partial charge is 0.291 e. The number of benzene rings is 2. The summed E-state index contributed by atoms with van der Waals surface area (Å²) in [6.45, 7) is 2.94. The standard InChI is InChI=1S/C24H24BrN3O4/c1-31-20-8-6-19(7-9-20)27-12-3-13-28(15-14-27)24(30)17-4-2-5-18(16-17)26-23(29)21-10-11-22(25)32-21/h2,4-11,16H,3,12-15H2,1H3,(H,26,29). The van der Waals surface area contributed by atoms with Crippen molar-refractivity contribution in [3.63, 3.8) is 0 Å². The number of furan rings is 1. The van der Waals surface area contributed by atoms with Gasteiger partial charge in [0.05, 0.1) is 7.11 Å². The van der Waals surface area contributed by atoms with E-state index in [0.29, 0.717) is 29.0 Å². The van der Waals surface area contributed by atoms with Crippen LogP contribution in [0.1, 0.15) is 27.3 Å². The largest absolute Gasteiger partial charge is 0.497 e. The number of hydrogen-bond donors (Lipinski definition) is 1. The number of methoxy groups -OCH3 is 1. The molecule has 32 heavy (non-hydrogen) atoms. The monoisotopic (exact) mass is 497 g/mol. The zero-order valence-electron chi connectivity index (χ0n) is 17.7. The van der Waals surface area contributed by atoms with Gasteiger partial charge < -0.3 is 24.3 Å². The highest BCUT2D eigenvalue weighted by Gasteiger charge is 2.21. The Morgan fingerprint density at radius 2 is 1.81 bits per heavy atom. The Morgan fingerprint density at radius 1 is 1.00 bits per heavy atom. The van der Waals surface area contributed by atoms with Crippen LogP contribution in [0.15, 0.2) is 69.8 Å². The first-order chi connectivity index (χ1) is 15.5. The minimum Gasteiger partial charge on any atom is -0.497 e. The molecule has 2 amide bonds. The van der Waals surface area contributed by atoms with Gasteiger partial charge in [-0.3, -0.25) is 9.59 Å². The van der Waals surface area contributed by atoms with E-state index in [4.69, 9.17) is 9.15 Å². The lowest BCUT2D eigenvalue weighted by Crippen LogP contribution is -2.35. The first-order valence-electron chi connectivity index (χ1n) is 10.4. The molecule has 1 aliphatic rings. The van der Waals surface area contributed by atoms with Crippen molar-refractivity contribution in [1.82, 2.24) is 4.90 Å². The topological polar surface area (TPSA) is 75.0 Å². The third-order valence-corrected chi connectivity index (χ3v) is 5.81. The van der Waals surface area contributed by atoms with Gasteiger partial charge in [-0.25, -0.2) is 0 Å². The highest BCUT2D eigenvalue weighted by molar-refractivity contribution is 9.10. The lowest BCUT2D eigenvalue weighted by Gasteiger charge is -2.24. The average molecular weight is 498 g/mol. The van der Waals surface area contributed by atoms with Gasteiger partial charge in [0.1, 0.15) is 5.75 Å². The molecule has 0 saturated carbocycles. The lowest BCUT2D eigenvalue weighted by molar-refractivity contribution is 0.0766. The van der Waals surface area contributed by atoms with Crippen LogP contribution in [-0.2, 0) is 0 Å². The van der Waals surface area contributed by atoms with Gasteiger partial charge in [-0.1, -0.05) is 6.07 Å². The number of halogens is 1. The van der Waals surface area contributed by atoms with Crippen molar-refractivity contribution in [2.24, 2.45) is 0 Å². The lowest BCUT2D eigenvalue weighted by atomic mass is 10.1. The van der Waals surface area contributed by atoms with Gasteiger partial charge in [0.2, 0.25) is 0 Å². The number of amides is 2. The molecule has 2 aromatic carbocycles. The van der Waals surface area contributed by atoms with Crippen molar-refractivity contribution in [3.8, 4) is 5.75 Å². The number of carbonyl (C=O) groups excluding carboxylic acids is 2. The molecule has 0 unspecified atom stereocenters. The zero-order chi connectivity index (χ0) is 22.5. The van der Waals surface area contributed by atoms with E-state index in [2.05, 4.69) is 26.1 Å². The van der Waals surface area contributed by atoms with Crippen LogP contribution in [0.2, 0.25) is 0 Å². The summed E-state index contributed by atoms with van der Waals surface area (Å²) in [6, 6.07) is 18.2. The molecule has 0 aliphatic carbocycles. The van der Waals surface area contributed by atoms with Crippen molar-refractivity contribution in [2.45, 2.75) is 6.42 Å². The van der Waals surface area contributed by atoms with Gasteiger partial charge in [-0.2, -0.15) is 0 Å². The third-order valence-electron chi connectivity index (χ3n) is 5.39. The summed E-state index contributed by atoms with van der Waals surface area (Å²) in [4.78, 5) is 29.6. The van der Waals surface area contributed by atoms with E-state index in [1.807, 2.05) is 29.2 Å². The van der Waals surface area contributed by atoms with E-state index >= 15 is 0 Å². The molecule has 2 heterocycles. The summed E-state index contributed by atoms with van der Waals surface area (Å²) < 4.78 is 11.0. The van der Waals surface area contributed by atoms with Gasteiger partial charge >= 0.3 is 0 Å². The average Bonchev–Trinajstić information content (AvgIpc) is 3.11. The second-order valence-corrected chi connectivity index (χ2v) is 8.25. The first-order valence-corrected chi connectivity index (χ1v) is 11.2. The maximum Gasteiger partial charge on any atom is 0.291 e. The third kappa shape index (κ3) is 5.13. The van der Waals surface area contributed by atoms with Crippen molar-refractivity contribution in [2.75, 3.05) is 43.5 Å². The van der Waals surface area contributed by atoms with Gasteiger partial charge in [-0.15, -0.1) is 0 Å². The molecule has 8 heteroatoms. The molecule has 0 spiro atoms. The Bertz CT molecular complexity index is 1100. The molecule has 1 aromatic heterocycles. The quantitative estimate of drug-likeness (QED) is 0.554. The van der Waals surface area contributed by atoms with Gasteiger partial charge in [-0.05, 0) is 76.9 Å². The number of anilines is 2. The van der Waals surface area contributed by atoms with Crippen molar-refractivity contribution < 1.29 is 18.7 Å². The Balaban J connectivity index is 1.40. The number of nitrogens with one attached hydrogen (secondary N) is 1. The Hall–Kier alpha value is -3.26. The summed E-state index contributed by atoms with van der Waals surface area (Å²) in [6.07, 6.45) is 0.877. The molecule has 0 atom stereocenters. The Morgan fingerprint density at radius 3 is 2.53 bits per heavy atom. The normalized spacial score (nSPS) is 14.1. The van der Waals surface area contributed by atoms with Crippen LogP contribution in [-0.4, -0.2) is 50.0 Å². The summed E-state index contributed by atoms with van der Waals surface area (Å²) in [5.74, 6) is 0.607. The van der Waals surface area contributed by atoms with E-state index in [1.165, 1.54) is 0 Å². The second-order valence-electron chi connectivity index (χ2n) is 7.47. The maximum absolute atomic E-state index is 13.1. The SMILES string of the molecule is COc1ccc(N2CCCN(C(=O)c3cccc(NC(=O)c4ccc(Br)o4)c3)CC2)cc1. The van der Waals surface area contributed by atoms with Gasteiger partial charge in [0.15, 0.2) is 10.4 Å². The predicted octanol–water partition coefficient (Wildman–Crippen LogP) is 4.66. The van der Waals surface area contributed by atoms with Crippen molar-refractivity contribution in [3.05, 3.63) is 76.7 Å². The number of carbonyl (C=O) groups is 2.